The highest BCUT2D eigenvalue weighted by molar-refractivity contribution is 6.17. The van der Waals surface area contributed by atoms with Gasteiger partial charge in [0.15, 0.2) is 0 Å². The van der Waals surface area contributed by atoms with Crippen molar-refractivity contribution in [2.75, 3.05) is 31.0 Å². The summed E-state index contributed by atoms with van der Waals surface area (Å²) in [6, 6.07) is 1.92. The summed E-state index contributed by atoms with van der Waals surface area (Å²) >= 11 is 5.51. The molecule has 0 saturated heterocycles. The summed E-state index contributed by atoms with van der Waals surface area (Å²) in [4.78, 5) is 8.30. The number of nitrogens with one attached hydrogen (secondary N) is 1. The Kier molecular flexibility index (Phi) is 4.11. The van der Waals surface area contributed by atoms with Crippen LogP contribution in [0.3, 0.4) is 0 Å². The number of aromatic nitrogens is 4. The Labute approximate surface area is 104 Å². The molecule has 0 saturated carbocycles. The van der Waals surface area contributed by atoms with Gasteiger partial charge in [-0.3, -0.25) is 0 Å². The van der Waals surface area contributed by atoms with Crippen LogP contribution in [0.4, 0.5) is 5.82 Å². The van der Waals surface area contributed by atoms with Gasteiger partial charge in [0.2, 0.25) is 0 Å². The van der Waals surface area contributed by atoms with Crippen LogP contribution in [0.15, 0.2) is 12.4 Å². The summed E-state index contributed by atoms with van der Waals surface area (Å²) < 4.78 is 6.93. The number of hydrogen-bond acceptors (Lipinski definition) is 5. The zero-order valence-electron chi connectivity index (χ0n) is 9.56. The van der Waals surface area contributed by atoms with E-state index in [0.29, 0.717) is 31.4 Å². The molecule has 2 heterocycles. The molecule has 2 rings (SSSR count). The molecule has 0 aliphatic rings. The average Bonchev–Trinajstić information content (AvgIpc) is 2.76. The fourth-order valence-corrected chi connectivity index (χ4v) is 1.57. The van der Waals surface area contributed by atoms with Crippen LogP contribution in [0, 0.1) is 6.92 Å². The van der Waals surface area contributed by atoms with Crippen molar-refractivity contribution in [1.82, 2.24) is 19.6 Å². The van der Waals surface area contributed by atoms with E-state index in [-0.39, 0.29) is 0 Å². The highest BCUT2D eigenvalue weighted by atomic mass is 35.5. The fourth-order valence-electron chi connectivity index (χ4n) is 1.46. The minimum Gasteiger partial charge on any atom is -0.378 e. The molecule has 2 aromatic rings. The summed E-state index contributed by atoms with van der Waals surface area (Å²) in [5, 5.41) is 7.32. The quantitative estimate of drug-likeness (QED) is 0.619. The fraction of sp³-hybridized carbons (Fsp3) is 0.500. The summed E-state index contributed by atoms with van der Waals surface area (Å²) in [6.45, 7) is 3.78. The van der Waals surface area contributed by atoms with Gasteiger partial charge in [0.05, 0.1) is 13.2 Å². The first-order chi connectivity index (χ1) is 8.31. The predicted octanol–water partition coefficient (Wildman–Crippen LogP) is 1.10. The van der Waals surface area contributed by atoms with Crippen LogP contribution < -0.4 is 5.32 Å². The number of alkyl halides is 1. The Morgan fingerprint density at radius 2 is 2.35 bits per heavy atom. The third-order valence-electron chi connectivity index (χ3n) is 2.15. The van der Waals surface area contributed by atoms with E-state index in [1.54, 1.807) is 4.52 Å². The van der Waals surface area contributed by atoms with Crippen molar-refractivity contribution in [3.8, 4) is 0 Å². The van der Waals surface area contributed by atoms with E-state index in [1.807, 2.05) is 13.0 Å². The minimum absolute atomic E-state index is 0.516. The molecule has 0 bridgehead atoms. The van der Waals surface area contributed by atoms with E-state index in [1.165, 1.54) is 6.33 Å². The lowest BCUT2D eigenvalue weighted by atomic mass is 10.4. The van der Waals surface area contributed by atoms with E-state index in [9.17, 15) is 0 Å². The Hall–Kier alpha value is -1.40. The first kappa shape index (κ1) is 12.1. The molecule has 1 N–H and O–H groups in total. The van der Waals surface area contributed by atoms with Crippen LogP contribution in [-0.4, -0.2) is 45.2 Å². The van der Waals surface area contributed by atoms with Gasteiger partial charge in [0.1, 0.15) is 12.1 Å². The van der Waals surface area contributed by atoms with Crippen LogP contribution in [0.2, 0.25) is 0 Å². The number of ether oxygens (including phenoxy) is 1. The van der Waals surface area contributed by atoms with Crippen LogP contribution in [0.5, 0.6) is 0 Å². The molecule has 0 aliphatic heterocycles. The number of rotatable bonds is 6. The Bertz CT molecular complexity index is 487. The number of nitrogens with zero attached hydrogens (tertiary/aromatic N) is 4. The van der Waals surface area contributed by atoms with Crippen molar-refractivity contribution >= 4 is 23.2 Å². The van der Waals surface area contributed by atoms with Gasteiger partial charge >= 0.3 is 0 Å². The lowest BCUT2D eigenvalue weighted by Gasteiger charge is -2.08. The van der Waals surface area contributed by atoms with Gasteiger partial charge in [-0.05, 0) is 6.92 Å². The third kappa shape index (κ3) is 3.04. The van der Waals surface area contributed by atoms with Gasteiger partial charge in [-0.1, -0.05) is 0 Å². The molecule has 0 unspecified atom stereocenters. The van der Waals surface area contributed by atoms with E-state index in [0.717, 1.165) is 11.5 Å². The van der Waals surface area contributed by atoms with Crippen molar-refractivity contribution in [3.63, 3.8) is 0 Å². The second-order valence-corrected chi connectivity index (χ2v) is 3.86. The summed E-state index contributed by atoms with van der Waals surface area (Å²) in [5.74, 6) is 1.97. The molecular weight excluding hydrogens is 242 g/mol. The minimum atomic E-state index is 0.516. The summed E-state index contributed by atoms with van der Waals surface area (Å²) in [6.07, 6.45) is 1.48. The molecule has 0 spiro atoms. The molecule has 0 aliphatic carbocycles. The molecule has 0 fully saturated rings. The SMILES string of the molecule is Cc1cc(NCCOCCCl)n2ncnc2n1. The Morgan fingerprint density at radius 3 is 3.18 bits per heavy atom. The smallest absolute Gasteiger partial charge is 0.254 e. The number of anilines is 1. The lowest BCUT2D eigenvalue weighted by molar-refractivity contribution is 0.160. The number of hydrogen-bond donors (Lipinski definition) is 1. The van der Waals surface area contributed by atoms with Crippen LogP contribution in [0.25, 0.3) is 5.78 Å². The van der Waals surface area contributed by atoms with Crippen molar-refractivity contribution in [2.45, 2.75) is 6.92 Å². The zero-order chi connectivity index (χ0) is 12.1. The van der Waals surface area contributed by atoms with Gasteiger partial charge in [0.25, 0.3) is 5.78 Å². The predicted molar refractivity (Wildman–Crippen MR) is 65.5 cm³/mol. The van der Waals surface area contributed by atoms with E-state index in [4.69, 9.17) is 16.3 Å². The van der Waals surface area contributed by atoms with Crippen molar-refractivity contribution in [2.24, 2.45) is 0 Å². The van der Waals surface area contributed by atoms with Crippen molar-refractivity contribution in [3.05, 3.63) is 18.1 Å². The largest absolute Gasteiger partial charge is 0.378 e. The standard InChI is InChI=1S/C10H14ClN5O/c1-8-6-9(12-3-5-17-4-2-11)16-10(15-8)13-7-14-16/h6-7,12H,2-5H2,1H3. The van der Waals surface area contributed by atoms with Crippen molar-refractivity contribution in [1.29, 1.82) is 0 Å². The maximum Gasteiger partial charge on any atom is 0.254 e. The highest BCUT2D eigenvalue weighted by Gasteiger charge is 2.04. The lowest BCUT2D eigenvalue weighted by Crippen LogP contribution is -2.13. The molecule has 0 amide bonds. The molecule has 0 radical (unpaired) electrons. The number of halogens is 1. The van der Waals surface area contributed by atoms with E-state index < -0.39 is 0 Å². The molecule has 7 heteroatoms. The van der Waals surface area contributed by atoms with E-state index >= 15 is 0 Å². The normalized spacial score (nSPS) is 10.9. The second kappa shape index (κ2) is 5.79. The monoisotopic (exact) mass is 255 g/mol. The van der Waals surface area contributed by atoms with Crippen LogP contribution in [0.1, 0.15) is 5.69 Å². The maximum absolute atomic E-state index is 5.51. The molecule has 0 atom stereocenters. The van der Waals surface area contributed by atoms with Gasteiger partial charge < -0.3 is 10.1 Å². The summed E-state index contributed by atoms with van der Waals surface area (Å²) in [7, 11) is 0. The number of aryl methyl sites for hydroxylation is 1. The van der Waals surface area contributed by atoms with Crippen LogP contribution >= 0.6 is 11.6 Å². The first-order valence-corrected chi connectivity index (χ1v) is 5.89. The molecular formula is C10H14ClN5O. The molecule has 6 nitrogen and oxygen atoms in total. The highest BCUT2D eigenvalue weighted by Crippen LogP contribution is 2.09. The molecule has 92 valence electrons. The Balaban J connectivity index is 2.00. The average molecular weight is 256 g/mol. The van der Waals surface area contributed by atoms with Gasteiger partial charge in [-0.2, -0.15) is 14.6 Å². The van der Waals surface area contributed by atoms with Gasteiger partial charge in [-0.25, -0.2) is 4.98 Å². The second-order valence-electron chi connectivity index (χ2n) is 3.48. The van der Waals surface area contributed by atoms with Gasteiger partial charge in [0, 0.05) is 24.2 Å². The molecule has 0 aromatic carbocycles. The van der Waals surface area contributed by atoms with E-state index in [2.05, 4.69) is 20.4 Å². The number of fused-ring (bicyclic) bond motifs is 1. The van der Waals surface area contributed by atoms with Gasteiger partial charge in [-0.15, -0.1) is 11.6 Å². The topological polar surface area (TPSA) is 64.3 Å². The molecule has 17 heavy (non-hydrogen) atoms. The maximum atomic E-state index is 5.51. The Morgan fingerprint density at radius 1 is 1.47 bits per heavy atom. The molecule has 2 aromatic heterocycles. The third-order valence-corrected chi connectivity index (χ3v) is 2.31. The summed E-state index contributed by atoms with van der Waals surface area (Å²) in [5.41, 5.74) is 0.898. The zero-order valence-corrected chi connectivity index (χ0v) is 10.3. The first-order valence-electron chi connectivity index (χ1n) is 5.36. The van der Waals surface area contributed by atoms with Crippen LogP contribution in [-0.2, 0) is 4.74 Å². The van der Waals surface area contributed by atoms with Crippen molar-refractivity contribution < 1.29 is 4.74 Å².